The van der Waals surface area contributed by atoms with Crippen molar-refractivity contribution in [1.29, 1.82) is 0 Å². The summed E-state index contributed by atoms with van der Waals surface area (Å²) < 4.78 is 2.45. The highest BCUT2D eigenvalue weighted by Crippen LogP contribution is 2.29. The largest absolute Gasteiger partial charge is 0.493 e. The van der Waals surface area contributed by atoms with Crippen LogP contribution in [0.2, 0.25) is 0 Å². The number of aromatic amines is 3. The number of nitrogens with zero attached hydrogens (tertiary/aromatic N) is 2. The van der Waals surface area contributed by atoms with Crippen molar-refractivity contribution in [2.45, 2.75) is 13.8 Å². The molecule has 4 N–H and O–H groups in total. The molecule has 0 saturated heterocycles. The van der Waals surface area contributed by atoms with E-state index in [9.17, 15) is 19.5 Å². The van der Waals surface area contributed by atoms with Gasteiger partial charge in [-0.1, -0.05) is 15.9 Å². The predicted molar refractivity (Wildman–Crippen MR) is 125 cm³/mol. The number of aromatic nitrogens is 4. The number of nitrogens with one attached hydrogen (secondary N) is 3. The monoisotopic (exact) mass is 547 g/mol. The van der Waals surface area contributed by atoms with Gasteiger partial charge in [0.1, 0.15) is 5.56 Å². The van der Waals surface area contributed by atoms with Crippen LogP contribution in [0.15, 0.2) is 52.6 Å². The van der Waals surface area contributed by atoms with Gasteiger partial charge in [0.2, 0.25) is 5.88 Å². The van der Waals surface area contributed by atoms with E-state index in [-0.39, 0.29) is 11.3 Å². The van der Waals surface area contributed by atoms with Crippen molar-refractivity contribution >= 4 is 54.8 Å². The second kappa shape index (κ2) is 7.82. The number of aliphatic imine (C=N–C) groups is 1. The number of H-pyrrole nitrogens is 3. The van der Waals surface area contributed by atoms with Gasteiger partial charge in [0.15, 0.2) is 0 Å². The molecule has 0 aliphatic rings. The minimum atomic E-state index is -0.777. The average Bonchev–Trinajstić information content (AvgIpc) is 3.04. The Morgan fingerprint density at radius 3 is 2.32 bits per heavy atom. The van der Waals surface area contributed by atoms with Crippen LogP contribution in [0.5, 0.6) is 5.88 Å². The van der Waals surface area contributed by atoms with Crippen molar-refractivity contribution in [2.75, 3.05) is 0 Å². The summed E-state index contributed by atoms with van der Waals surface area (Å²) in [5, 5.41) is 10.8. The molecule has 0 aliphatic heterocycles. The Kier molecular flexibility index (Phi) is 5.31. The Bertz CT molecular complexity index is 1560. The number of hydrogen-bond acceptors (Lipinski definition) is 5. The van der Waals surface area contributed by atoms with E-state index < -0.39 is 17.1 Å². The summed E-state index contributed by atoms with van der Waals surface area (Å²) >= 11 is 6.80. The fourth-order valence-corrected chi connectivity index (χ4v) is 4.07. The number of benzene rings is 2. The number of hydrogen-bond donors (Lipinski definition) is 4. The zero-order chi connectivity index (χ0) is 22.4. The van der Waals surface area contributed by atoms with Gasteiger partial charge in [0.25, 0.3) is 5.56 Å². The van der Waals surface area contributed by atoms with E-state index in [0.717, 1.165) is 20.2 Å². The quantitative estimate of drug-likeness (QED) is 0.292. The maximum atomic E-state index is 12.5. The summed E-state index contributed by atoms with van der Waals surface area (Å²) in [6, 6.07) is 6.82. The van der Waals surface area contributed by atoms with Gasteiger partial charge in [0, 0.05) is 15.2 Å². The number of halogens is 2. The Labute approximate surface area is 190 Å². The molecule has 0 atom stereocenters. The normalized spacial score (nSPS) is 11.6. The summed E-state index contributed by atoms with van der Waals surface area (Å²) in [4.78, 5) is 48.1. The molecule has 0 radical (unpaired) electrons. The van der Waals surface area contributed by atoms with Crippen LogP contribution in [0.3, 0.4) is 0 Å². The topological polar surface area (TPSA) is 136 Å². The summed E-state index contributed by atoms with van der Waals surface area (Å²) in [5.74, 6) is -0.533. The van der Waals surface area contributed by atoms with Crippen LogP contribution in [-0.2, 0) is 0 Å². The van der Waals surface area contributed by atoms with Crippen LogP contribution in [0.4, 0.5) is 5.69 Å². The first-order valence-corrected chi connectivity index (χ1v) is 10.6. The predicted octanol–water partition coefficient (Wildman–Crippen LogP) is 3.29. The van der Waals surface area contributed by atoms with Crippen molar-refractivity contribution in [3.05, 3.63) is 81.2 Å². The molecule has 2 heterocycles. The highest BCUT2D eigenvalue weighted by atomic mass is 79.9. The molecule has 0 amide bonds. The molecule has 4 rings (SSSR count). The molecular formula is C20H15Br2N5O4. The summed E-state index contributed by atoms with van der Waals surface area (Å²) in [5.41, 5.74) is 1.45. The van der Waals surface area contributed by atoms with Gasteiger partial charge in [-0.3, -0.25) is 14.8 Å². The molecule has 11 heteroatoms. The molecule has 0 bridgehead atoms. The molecule has 0 fully saturated rings. The van der Waals surface area contributed by atoms with Crippen LogP contribution in [0.1, 0.15) is 16.7 Å². The van der Waals surface area contributed by atoms with E-state index in [0.29, 0.717) is 26.9 Å². The van der Waals surface area contributed by atoms with E-state index in [2.05, 4.69) is 51.8 Å². The lowest BCUT2D eigenvalue weighted by molar-refractivity contribution is 0.430. The minimum absolute atomic E-state index is 0.186. The third-order valence-electron chi connectivity index (χ3n) is 4.76. The molecule has 0 unspecified atom stereocenters. The number of aryl methyl sites for hydroxylation is 2. The molecular weight excluding hydrogens is 534 g/mol. The van der Waals surface area contributed by atoms with Gasteiger partial charge in [-0.15, -0.1) is 0 Å². The zero-order valence-electron chi connectivity index (χ0n) is 16.2. The van der Waals surface area contributed by atoms with Crippen LogP contribution >= 0.6 is 31.9 Å². The van der Waals surface area contributed by atoms with E-state index in [1.54, 1.807) is 25.1 Å². The van der Waals surface area contributed by atoms with Crippen LogP contribution in [0.25, 0.3) is 16.7 Å². The number of rotatable bonds is 3. The first-order valence-electron chi connectivity index (χ1n) is 8.96. The van der Waals surface area contributed by atoms with Crippen LogP contribution in [-0.4, -0.2) is 30.8 Å². The van der Waals surface area contributed by atoms with E-state index in [1.807, 2.05) is 13.0 Å². The first kappa shape index (κ1) is 21.1. The van der Waals surface area contributed by atoms with Gasteiger partial charge < -0.3 is 15.1 Å². The maximum absolute atomic E-state index is 12.5. The lowest BCUT2D eigenvalue weighted by Gasteiger charge is -2.14. The smallest absolute Gasteiger partial charge is 0.335 e. The van der Waals surface area contributed by atoms with E-state index >= 15 is 0 Å². The lowest BCUT2D eigenvalue weighted by Crippen LogP contribution is -2.31. The standard InChI is InChI=1S/C20H15Br2N5O4/c1-8-4-16(9(2)3-11(8)21)27-18(29)10(17(28)26-20(27)31)7-23-13-6-15-14(5-12(13)22)24-19(30)25-15/h3-7,29H,1-2H3,(H2,24,25,30)(H,26,28,31). The lowest BCUT2D eigenvalue weighted by atomic mass is 10.1. The Morgan fingerprint density at radius 2 is 1.61 bits per heavy atom. The first-order chi connectivity index (χ1) is 14.7. The summed E-state index contributed by atoms with van der Waals surface area (Å²) in [6.45, 7) is 3.64. The number of imidazole rings is 1. The second-order valence-electron chi connectivity index (χ2n) is 6.91. The van der Waals surface area contributed by atoms with Crippen molar-refractivity contribution in [1.82, 2.24) is 19.5 Å². The zero-order valence-corrected chi connectivity index (χ0v) is 19.4. The van der Waals surface area contributed by atoms with Gasteiger partial charge in [-0.05, 0) is 65.2 Å². The molecule has 2 aromatic heterocycles. The highest BCUT2D eigenvalue weighted by Gasteiger charge is 2.17. The highest BCUT2D eigenvalue weighted by molar-refractivity contribution is 9.10. The number of fused-ring (bicyclic) bond motifs is 1. The fourth-order valence-electron chi connectivity index (χ4n) is 3.16. The van der Waals surface area contributed by atoms with E-state index in [1.165, 1.54) is 6.21 Å². The van der Waals surface area contributed by atoms with Gasteiger partial charge >= 0.3 is 11.4 Å². The maximum Gasteiger partial charge on any atom is 0.335 e. The second-order valence-corrected chi connectivity index (χ2v) is 8.62. The van der Waals surface area contributed by atoms with E-state index in [4.69, 9.17) is 0 Å². The Balaban J connectivity index is 1.87. The molecule has 2 aromatic carbocycles. The van der Waals surface area contributed by atoms with Crippen molar-refractivity contribution in [2.24, 2.45) is 4.99 Å². The third kappa shape index (κ3) is 3.81. The Morgan fingerprint density at radius 1 is 0.935 bits per heavy atom. The van der Waals surface area contributed by atoms with Crippen molar-refractivity contribution in [3.8, 4) is 11.6 Å². The average molecular weight is 549 g/mol. The number of aromatic hydroxyl groups is 1. The molecule has 0 aliphatic carbocycles. The van der Waals surface area contributed by atoms with Gasteiger partial charge in [-0.25, -0.2) is 14.2 Å². The SMILES string of the molecule is Cc1cc(-n2c(O)c(C=Nc3cc4[nH]c(=O)[nH]c4cc3Br)c(=O)[nH]c2=O)c(C)cc1Br. The fraction of sp³-hybridized carbons (Fsp3) is 0.100. The summed E-state index contributed by atoms with van der Waals surface area (Å²) in [7, 11) is 0. The Hall–Kier alpha value is -3.18. The van der Waals surface area contributed by atoms with Crippen LogP contribution < -0.4 is 16.9 Å². The van der Waals surface area contributed by atoms with Crippen LogP contribution in [0, 0.1) is 13.8 Å². The molecule has 0 spiro atoms. The minimum Gasteiger partial charge on any atom is -0.493 e. The molecule has 9 nitrogen and oxygen atoms in total. The van der Waals surface area contributed by atoms with Gasteiger partial charge in [-0.2, -0.15) is 0 Å². The molecule has 0 saturated carbocycles. The molecule has 158 valence electrons. The van der Waals surface area contributed by atoms with Crippen molar-refractivity contribution < 1.29 is 5.11 Å². The summed E-state index contributed by atoms with van der Waals surface area (Å²) in [6.07, 6.45) is 1.17. The van der Waals surface area contributed by atoms with Gasteiger partial charge in [0.05, 0.1) is 22.4 Å². The molecule has 31 heavy (non-hydrogen) atoms. The van der Waals surface area contributed by atoms with Crippen molar-refractivity contribution in [3.63, 3.8) is 0 Å². The third-order valence-corrected chi connectivity index (χ3v) is 6.24. The molecule has 4 aromatic rings.